The lowest BCUT2D eigenvalue weighted by molar-refractivity contribution is -0.383. The number of nitro benzene ring substituents is 1. The molecular weight excluding hydrogens is 272 g/mol. The maximum Gasteiger partial charge on any atom is 0.278 e. The van der Waals surface area contributed by atoms with Gasteiger partial charge in [-0.25, -0.2) is 0 Å². The number of carbonyl (C=O) groups is 1. The third-order valence-electron chi connectivity index (χ3n) is 3.33. The number of rotatable bonds is 5. The van der Waals surface area contributed by atoms with Crippen molar-refractivity contribution in [2.24, 2.45) is 11.1 Å². The largest absolute Gasteiger partial charge is 0.382 e. The summed E-state index contributed by atoms with van der Waals surface area (Å²) in [5.41, 5.74) is 5.71. The Morgan fingerprint density at radius 1 is 1.43 bits per heavy atom. The highest BCUT2D eigenvalue weighted by atomic mass is 16.6. The standard InChI is InChI=1S/C14H16N4O3/c1-14(2,13(15)19)8-17-10-5-6-11(18(20)21)9-4-3-7-16-12(9)10/h3-7,17H,8H2,1-2H3,(H2,15,19). The number of amides is 1. The Balaban J connectivity index is 2.40. The normalized spacial score (nSPS) is 11.3. The first kappa shape index (κ1) is 14.7. The molecule has 7 heteroatoms. The molecule has 1 aromatic carbocycles. The van der Waals surface area contributed by atoms with Crippen LogP contribution in [0.25, 0.3) is 10.9 Å². The Hall–Kier alpha value is -2.70. The zero-order valence-electron chi connectivity index (χ0n) is 11.8. The molecule has 0 spiro atoms. The van der Waals surface area contributed by atoms with Crippen molar-refractivity contribution < 1.29 is 9.72 Å². The Labute approximate surface area is 121 Å². The minimum absolute atomic E-state index is 0.00203. The van der Waals surface area contributed by atoms with Gasteiger partial charge in [0.1, 0.15) is 5.52 Å². The second-order valence-electron chi connectivity index (χ2n) is 5.39. The van der Waals surface area contributed by atoms with Gasteiger partial charge in [-0.15, -0.1) is 0 Å². The molecule has 0 unspecified atom stereocenters. The van der Waals surface area contributed by atoms with E-state index in [9.17, 15) is 14.9 Å². The van der Waals surface area contributed by atoms with E-state index in [1.165, 1.54) is 6.07 Å². The van der Waals surface area contributed by atoms with E-state index in [2.05, 4.69) is 10.3 Å². The summed E-state index contributed by atoms with van der Waals surface area (Å²) in [6, 6.07) is 6.30. The lowest BCUT2D eigenvalue weighted by atomic mass is 9.92. The van der Waals surface area contributed by atoms with Crippen LogP contribution < -0.4 is 11.1 Å². The minimum Gasteiger partial charge on any atom is -0.382 e. The van der Waals surface area contributed by atoms with Gasteiger partial charge in [-0.3, -0.25) is 19.9 Å². The van der Waals surface area contributed by atoms with Crippen molar-refractivity contribution in [2.75, 3.05) is 11.9 Å². The van der Waals surface area contributed by atoms with Crippen LogP contribution in [0.3, 0.4) is 0 Å². The van der Waals surface area contributed by atoms with Crippen LogP contribution in [-0.2, 0) is 4.79 Å². The topological polar surface area (TPSA) is 111 Å². The fourth-order valence-electron chi connectivity index (χ4n) is 1.86. The number of aromatic nitrogens is 1. The van der Waals surface area contributed by atoms with E-state index in [0.717, 1.165) is 0 Å². The predicted molar refractivity (Wildman–Crippen MR) is 79.9 cm³/mol. The molecule has 21 heavy (non-hydrogen) atoms. The molecule has 0 aliphatic carbocycles. The number of nitrogens with zero attached hydrogens (tertiary/aromatic N) is 2. The first-order chi connectivity index (χ1) is 9.83. The zero-order valence-corrected chi connectivity index (χ0v) is 11.8. The molecule has 0 aliphatic rings. The van der Waals surface area contributed by atoms with E-state index in [4.69, 9.17) is 5.73 Å². The number of nitro groups is 1. The van der Waals surface area contributed by atoms with Crippen molar-refractivity contribution in [2.45, 2.75) is 13.8 Å². The van der Waals surface area contributed by atoms with Gasteiger partial charge in [0.2, 0.25) is 5.91 Å². The summed E-state index contributed by atoms with van der Waals surface area (Å²) in [6.45, 7) is 3.76. The molecule has 1 heterocycles. The minimum atomic E-state index is -0.733. The van der Waals surface area contributed by atoms with Crippen LogP contribution >= 0.6 is 0 Å². The van der Waals surface area contributed by atoms with Gasteiger partial charge in [0.15, 0.2) is 0 Å². The van der Waals surface area contributed by atoms with Crippen LogP contribution in [0.1, 0.15) is 13.8 Å². The Morgan fingerprint density at radius 3 is 2.76 bits per heavy atom. The molecule has 0 saturated carbocycles. The molecule has 0 fully saturated rings. The molecule has 2 rings (SSSR count). The number of hydrogen-bond acceptors (Lipinski definition) is 5. The lowest BCUT2D eigenvalue weighted by Crippen LogP contribution is -2.37. The molecule has 0 radical (unpaired) electrons. The second-order valence-corrected chi connectivity index (χ2v) is 5.39. The van der Waals surface area contributed by atoms with Crippen molar-refractivity contribution in [3.63, 3.8) is 0 Å². The third kappa shape index (κ3) is 2.91. The van der Waals surface area contributed by atoms with E-state index >= 15 is 0 Å². The molecule has 0 saturated heterocycles. The van der Waals surface area contributed by atoms with E-state index in [1.807, 2.05) is 0 Å². The van der Waals surface area contributed by atoms with E-state index < -0.39 is 16.2 Å². The van der Waals surface area contributed by atoms with Crippen molar-refractivity contribution in [1.82, 2.24) is 4.98 Å². The van der Waals surface area contributed by atoms with Gasteiger partial charge in [0, 0.05) is 18.8 Å². The lowest BCUT2D eigenvalue weighted by Gasteiger charge is -2.21. The number of hydrogen-bond donors (Lipinski definition) is 2. The zero-order chi connectivity index (χ0) is 15.6. The number of carbonyl (C=O) groups excluding carboxylic acids is 1. The monoisotopic (exact) mass is 288 g/mol. The van der Waals surface area contributed by atoms with Crippen LogP contribution in [-0.4, -0.2) is 22.4 Å². The van der Waals surface area contributed by atoms with Gasteiger partial charge in [-0.1, -0.05) is 0 Å². The van der Waals surface area contributed by atoms with Gasteiger partial charge in [-0.2, -0.15) is 0 Å². The fraction of sp³-hybridized carbons (Fsp3) is 0.286. The van der Waals surface area contributed by atoms with E-state index in [0.29, 0.717) is 23.1 Å². The molecule has 0 aliphatic heterocycles. The number of primary amides is 1. The average molecular weight is 288 g/mol. The third-order valence-corrected chi connectivity index (χ3v) is 3.33. The second kappa shape index (κ2) is 5.35. The highest BCUT2D eigenvalue weighted by Crippen LogP contribution is 2.30. The van der Waals surface area contributed by atoms with Crippen LogP contribution in [0.2, 0.25) is 0 Å². The van der Waals surface area contributed by atoms with Crippen molar-refractivity contribution in [1.29, 1.82) is 0 Å². The maximum atomic E-state index is 11.3. The van der Waals surface area contributed by atoms with Crippen LogP contribution in [0, 0.1) is 15.5 Å². The smallest absolute Gasteiger partial charge is 0.278 e. The molecular formula is C14H16N4O3. The van der Waals surface area contributed by atoms with Crippen molar-refractivity contribution in [3.05, 3.63) is 40.6 Å². The molecule has 1 aromatic heterocycles. The average Bonchev–Trinajstić information content (AvgIpc) is 2.44. The highest BCUT2D eigenvalue weighted by molar-refractivity contribution is 5.96. The summed E-state index contributed by atoms with van der Waals surface area (Å²) >= 11 is 0. The van der Waals surface area contributed by atoms with Crippen LogP contribution in [0.4, 0.5) is 11.4 Å². The molecule has 3 N–H and O–H groups in total. The van der Waals surface area contributed by atoms with Crippen LogP contribution in [0.5, 0.6) is 0 Å². The molecule has 0 atom stereocenters. The quantitative estimate of drug-likeness (QED) is 0.646. The van der Waals surface area contributed by atoms with Gasteiger partial charge in [0.25, 0.3) is 5.69 Å². The number of nitrogens with two attached hydrogens (primary N) is 1. The van der Waals surface area contributed by atoms with Crippen molar-refractivity contribution >= 4 is 28.2 Å². The van der Waals surface area contributed by atoms with E-state index in [1.54, 1.807) is 38.2 Å². The summed E-state index contributed by atoms with van der Waals surface area (Å²) in [7, 11) is 0. The Morgan fingerprint density at radius 2 is 2.14 bits per heavy atom. The first-order valence-electron chi connectivity index (χ1n) is 6.39. The Bertz CT molecular complexity index is 712. The first-order valence-corrected chi connectivity index (χ1v) is 6.39. The Kier molecular flexibility index (Phi) is 3.75. The number of benzene rings is 1. The van der Waals surface area contributed by atoms with Crippen molar-refractivity contribution in [3.8, 4) is 0 Å². The SMILES string of the molecule is CC(C)(CNc1ccc([N+](=O)[O-])c2cccnc12)C(N)=O. The number of fused-ring (bicyclic) bond motifs is 1. The maximum absolute atomic E-state index is 11.3. The number of nitrogens with one attached hydrogen (secondary N) is 1. The van der Waals surface area contributed by atoms with E-state index in [-0.39, 0.29) is 5.69 Å². The molecule has 1 amide bonds. The molecule has 2 aromatic rings. The highest BCUT2D eigenvalue weighted by Gasteiger charge is 2.25. The van der Waals surface area contributed by atoms with Gasteiger partial charge >= 0.3 is 0 Å². The fourth-order valence-corrected chi connectivity index (χ4v) is 1.86. The van der Waals surface area contributed by atoms with Gasteiger partial charge < -0.3 is 11.1 Å². The summed E-state index contributed by atoms with van der Waals surface area (Å²) < 4.78 is 0. The number of pyridine rings is 1. The van der Waals surface area contributed by atoms with Crippen LogP contribution in [0.15, 0.2) is 30.5 Å². The summed E-state index contributed by atoms with van der Waals surface area (Å²) in [4.78, 5) is 26.1. The summed E-state index contributed by atoms with van der Waals surface area (Å²) in [6.07, 6.45) is 1.57. The molecule has 7 nitrogen and oxygen atoms in total. The summed E-state index contributed by atoms with van der Waals surface area (Å²) in [5, 5.41) is 14.6. The molecule has 110 valence electrons. The summed E-state index contributed by atoms with van der Waals surface area (Å²) in [5.74, 6) is -0.422. The predicted octanol–water partition coefficient (Wildman–Crippen LogP) is 2.07. The van der Waals surface area contributed by atoms with Gasteiger partial charge in [-0.05, 0) is 32.0 Å². The number of non-ortho nitro benzene ring substituents is 1. The van der Waals surface area contributed by atoms with Gasteiger partial charge in [0.05, 0.1) is 21.4 Å². The molecule has 0 bridgehead atoms. The number of anilines is 1.